The fourth-order valence-electron chi connectivity index (χ4n) is 4.48. The Morgan fingerprint density at radius 3 is 1.67 bits per heavy atom. The average molecular weight is 269 g/mol. The molecule has 0 spiro atoms. The van der Waals surface area contributed by atoms with Gasteiger partial charge in [-0.1, -0.05) is 0 Å². The van der Waals surface area contributed by atoms with Crippen molar-refractivity contribution in [3.63, 3.8) is 0 Å². The molecule has 0 saturated heterocycles. The first kappa shape index (κ1) is 10.6. The molecule has 0 aromatic heterocycles. The minimum absolute atomic E-state index is 0.679. The Labute approximate surface area is 96.7 Å². The van der Waals surface area contributed by atoms with Crippen LogP contribution in [-0.2, 0) is 3.76 Å². The standard InChI is InChI=1S/C13H24GeO/c1-14(2,3)15-13-11-5-9-4-10(7-11)8-12(13)6-9/h9-13H,4-8H2,1-3H3. The van der Waals surface area contributed by atoms with Gasteiger partial charge in [0.25, 0.3) is 0 Å². The first-order valence-electron chi connectivity index (χ1n) is 6.69. The molecule has 4 saturated carbocycles. The van der Waals surface area contributed by atoms with Crippen molar-refractivity contribution in [3.05, 3.63) is 0 Å². The molecular weight excluding hydrogens is 245 g/mol. The maximum absolute atomic E-state index is 6.50. The summed E-state index contributed by atoms with van der Waals surface area (Å²) in [6, 6.07) is 0. The van der Waals surface area contributed by atoms with Crippen molar-refractivity contribution >= 4 is 13.6 Å². The number of hydrogen-bond donors (Lipinski definition) is 0. The molecule has 0 N–H and O–H groups in total. The normalized spacial score (nSPS) is 48.6. The molecule has 86 valence electrons. The molecule has 0 amide bonds. The molecule has 0 aromatic rings. The zero-order valence-corrected chi connectivity index (χ0v) is 12.4. The Morgan fingerprint density at radius 1 is 0.800 bits per heavy atom. The molecule has 0 aliphatic heterocycles. The molecule has 4 fully saturated rings. The van der Waals surface area contributed by atoms with Crippen LogP contribution in [0.2, 0.25) is 17.3 Å². The van der Waals surface area contributed by atoms with Gasteiger partial charge in [0.05, 0.1) is 0 Å². The van der Waals surface area contributed by atoms with Crippen LogP contribution < -0.4 is 0 Å². The summed E-state index contributed by atoms with van der Waals surface area (Å²) in [4.78, 5) is 0. The fourth-order valence-corrected chi connectivity index (χ4v) is 7.00. The van der Waals surface area contributed by atoms with E-state index in [9.17, 15) is 0 Å². The third-order valence-corrected chi connectivity index (χ3v) is 6.68. The molecule has 0 heterocycles. The molecule has 0 radical (unpaired) electrons. The van der Waals surface area contributed by atoms with Crippen molar-refractivity contribution in [1.29, 1.82) is 0 Å². The van der Waals surface area contributed by atoms with E-state index < -0.39 is 13.6 Å². The summed E-state index contributed by atoms with van der Waals surface area (Å²) >= 11 is -1.80. The van der Waals surface area contributed by atoms with Gasteiger partial charge < -0.3 is 0 Å². The van der Waals surface area contributed by atoms with Crippen LogP contribution in [0, 0.1) is 23.7 Å². The van der Waals surface area contributed by atoms with Crippen LogP contribution in [0.4, 0.5) is 0 Å². The van der Waals surface area contributed by atoms with Crippen LogP contribution in [0.1, 0.15) is 32.1 Å². The predicted octanol–water partition coefficient (Wildman–Crippen LogP) is 3.66. The summed E-state index contributed by atoms with van der Waals surface area (Å²) in [7, 11) is 0. The Morgan fingerprint density at radius 2 is 1.27 bits per heavy atom. The van der Waals surface area contributed by atoms with E-state index >= 15 is 0 Å². The van der Waals surface area contributed by atoms with Gasteiger partial charge in [-0.05, 0) is 0 Å². The summed E-state index contributed by atoms with van der Waals surface area (Å²) in [5.41, 5.74) is 0. The topological polar surface area (TPSA) is 9.23 Å². The molecule has 0 unspecified atom stereocenters. The van der Waals surface area contributed by atoms with E-state index in [0.717, 1.165) is 23.7 Å². The Hall–Kier alpha value is 0.503. The maximum atomic E-state index is 6.50. The third-order valence-electron chi connectivity index (χ3n) is 4.63. The summed E-state index contributed by atoms with van der Waals surface area (Å²) in [5, 5.41) is 0. The van der Waals surface area contributed by atoms with Crippen molar-refractivity contribution in [2.24, 2.45) is 23.7 Å². The van der Waals surface area contributed by atoms with Gasteiger partial charge in [0, 0.05) is 0 Å². The molecular formula is C13H24GeO. The Kier molecular flexibility index (Phi) is 2.48. The fraction of sp³-hybridized carbons (Fsp3) is 1.00. The average Bonchev–Trinajstić information content (AvgIpc) is 2.08. The minimum atomic E-state index is -1.80. The predicted molar refractivity (Wildman–Crippen MR) is 65.3 cm³/mol. The van der Waals surface area contributed by atoms with Gasteiger partial charge in [-0.15, -0.1) is 0 Å². The molecule has 2 heteroatoms. The van der Waals surface area contributed by atoms with Crippen LogP contribution in [0.5, 0.6) is 0 Å². The SMILES string of the molecule is [CH3][Ge]([CH3])([CH3])[O]C1C2CC3CC(C2)CC1C3. The first-order valence-corrected chi connectivity index (χ1v) is 13.8. The van der Waals surface area contributed by atoms with Crippen LogP contribution in [-0.4, -0.2) is 19.7 Å². The van der Waals surface area contributed by atoms with Crippen LogP contribution in [0.25, 0.3) is 0 Å². The van der Waals surface area contributed by atoms with E-state index in [1.165, 1.54) is 25.7 Å². The van der Waals surface area contributed by atoms with E-state index in [-0.39, 0.29) is 0 Å². The second-order valence-electron chi connectivity index (χ2n) is 7.13. The molecule has 15 heavy (non-hydrogen) atoms. The van der Waals surface area contributed by atoms with Gasteiger partial charge in [-0.25, -0.2) is 0 Å². The van der Waals surface area contributed by atoms with Crippen molar-refractivity contribution < 1.29 is 3.76 Å². The summed E-state index contributed by atoms with van der Waals surface area (Å²) in [6.07, 6.45) is 8.21. The molecule has 0 atom stereocenters. The van der Waals surface area contributed by atoms with Crippen molar-refractivity contribution in [2.45, 2.75) is 55.5 Å². The zero-order chi connectivity index (χ0) is 10.6. The van der Waals surface area contributed by atoms with Crippen LogP contribution in [0.3, 0.4) is 0 Å². The molecule has 0 aromatic carbocycles. The van der Waals surface area contributed by atoms with Gasteiger partial charge in [0.15, 0.2) is 0 Å². The summed E-state index contributed by atoms with van der Waals surface area (Å²) in [6.45, 7) is 0. The summed E-state index contributed by atoms with van der Waals surface area (Å²) in [5.74, 6) is 11.2. The quantitative estimate of drug-likeness (QED) is 0.695. The monoisotopic (exact) mass is 270 g/mol. The van der Waals surface area contributed by atoms with Crippen molar-refractivity contribution in [2.75, 3.05) is 0 Å². The van der Waals surface area contributed by atoms with Crippen LogP contribution >= 0.6 is 0 Å². The first-order chi connectivity index (χ1) is 7.01. The molecule has 1 nitrogen and oxygen atoms in total. The van der Waals surface area contributed by atoms with Gasteiger partial charge in [0.1, 0.15) is 0 Å². The van der Waals surface area contributed by atoms with Gasteiger partial charge in [-0.3, -0.25) is 0 Å². The second-order valence-corrected chi connectivity index (χ2v) is 16.5. The zero-order valence-electron chi connectivity index (χ0n) is 10.3. The van der Waals surface area contributed by atoms with E-state index in [1.54, 1.807) is 6.42 Å². The molecule has 4 aliphatic rings. The van der Waals surface area contributed by atoms with Gasteiger partial charge in [-0.2, -0.15) is 0 Å². The molecule has 4 bridgehead atoms. The van der Waals surface area contributed by atoms with Crippen molar-refractivity contribution in [3.8, 4) is 0 Å². The second kappa shape index (κ2) is 3.50. The Balaban J connectivity index is 1.75. The Bertz CT molecular complexity index is 228. The summed E-state index contributed by atoms with van der Waals surface area (Å²) < 4.78 is 6.50. The van der Waals surface area contributed by atoms with Gasteiger partial charge >= 0.3 is 96.5 Å². The van der Waals surface area contributed by atoms with E-state index in [2.05, 4.69) is 17.3 Å². The third kappa shape index (κ3) is 2.02. The number of rotatable bonds is 2. The van der Waals surface area contributed by atoms with Gasteiger partial charge in [0.2, 0.25) is 0 Å². The van der Waals surface area contributed by atoms with Crippen molar-refractivity contribution in [1.82, 2.24) is 0 Å². The number of hydrogen-bond acceptors (Lipinski definition) is 1. The van der Waals surface area contributed by atoms with E-state index in [0.29, 0.717) is 6.10 Å². The molecule has 4 aliphatic carbocycles. The van der Waals surface area contributed by atoms with E-state index in [1.807, 2.05) is 0 Å². The molecule has 4 rings (SSSR count). The van der Waals surface area contributed by atoms with Crippen LogP contribution in [0.15, 0.2) is 0 Å². The van der Waals surface area contributed by atoms with E-state index in [4.69, 9.17) is 3.76 Å².